The van der Waals surface area contributed by atoms with Crippen molar-refractivity contribution in [3.8, 4) is 11.9 Å². The van der Waals surface area contributed by atoms with Crippen LogP contribution in [0.15, 0.2) is 6.20 Å². The fourth-order valence-electron chi connectivity index (χ4n) is 3.58. The van der Waals surface area contributed by atoms with Gasteiger partial charge in [0.2, 0.25) is 6.23 Å². The Bertz CT molecular complexity index is 693. The van der Waals surface area contributed by atoms with Crippen LogP contribution in [0.2, 0.25) is 18.1 Å². The molecule has 0 saturated carbocycles. The summed E-state index contributed by atoms with van der Waals surface area (Å²) in [6.07, 6.45) is 2.71. The molecule has 0 N–H and O–H groups in total. The van der Waals surface area contributed by atoms with Gasteiger partial charge in [0.1, 0.15) is 18.4 Å². The Morgan fingerprint density at radius 2 is 2.07 bits per heavy atom. The molecule has 2 aliphatic rings. The molecular weight excluding hydrogens is 360 g/mol. The first-order chi connectivity index (χ1) is 12.6. The summed E-state index contributed by atoms with van der Waals surface area (Å²) in [5.74, 6) is 1.20. The molecule has 3 atom stereocenters. The van der Waals surface area contributed by atoms with Crippen LogP contribution in [0.5, 0.6) is 11.9 Å². The van der Waals surface area contributed by atoms with Gasteiger partial charge in [-0.3, -0.25) is 0 Å². The first-order valence-corrected chi connectivity index (χ1v) is 13.0. The van der Waals surface area contributed by atoms with Crippen molar-refractivity contribution in [2.75, 3.05) is 13.2 Å². The van der Waals surface area contributed by atoms with Crippen molar-refractivity contribution < 1.29 is 23.2 Å². The number of rotatable bonds is 7. The zero-order valence-corrected chi connectivity index (χ0v) is 19.0. The number of hydrogen-bond acceptors (Lipinski definition) is 5. The minimum atomic E-state index is -1.89. The summed E-state index contributed by atoms with van der Waals surface area (Å²) in [6, 6.07) is 0.576. The van der Waals surface area contributed by atoms with Crippen molar-refractivity contribution in [2.24, 2.45) is 5.92 Å². The summed E-state index contributed by atoms with van der Waals surface area (Å²) in [7, 11) is -1.89. The summed E-state index contributed by atoms with van der Waals surface area (Å²) < 4.78 is 26.5. The van der Waals surface area contributed by atoms with Crippen LogP contribution in [0.25, 0.3) is 0 Å². The lowest BCUT2D eigenvalue weighted by Crippen LogP contribution is -2.48. The SMILES string of the molecule is CCOc1nc2[n+](cc1C)[C@H]1C[C@@H](O2)[C@@H](CO[Si](C)(C)C(C)(C)C(C)C)O1. The van der Waals surface area contributed by atoms with Gasteiger partial charge in [-0.2, -0.15) is 4.57 Å². The molecule has 0 spiro atoms. The van der Waals surface area contributed by atoms with Crippen LogP contribution >= 0.6 is 0 Å². The second-order valence-corrected chi connectivity index (χ2v) is 13.7. The highest BCUT2D eigenvalue weighted by atomic mass is 28.4. The molecule has 2 aliphatic heterocycles. The molecule has 0 aromatic carbocycles. The Balaban J connectivity index is 1.71. The van der Waals surface area contributed by atoms with E-state index in [-0.39, 0.29) is 23.5 Å². The maximum atomic E-state index is 6.51. The predicted molar refractivity (Wildman–Crippen MR) is 106 cm³/mol. The molecule has 0 aliphatic carbocycles. The molecule has 1 fully saturated rings. The molecule has 2 bridgehead atoms. The molecular formula is C20H35N2O4Si+. The van der Waals surface area contributed by atoms with E-state index < -0.39 is 8.32 Å². The van der Waals surface area contributed by atoms with Crippen molar-refractivity contribution in [2.45, 2.75) is 84.5 Å². The molecule has 27 heavy (non-hydrogen) atoms. The lowest BCUT2D eigenvalue weighted by Gasteiger charge is -2.43. The zero-order chi connectivity index (χ0) is 20.0. The Labute approximate surface area is 164 Å². The van der Waals surface area contributed by atoms with E-state index in [0.29, 0.717) is 31.0 Å². The second-order valence-electron chi connectivity index (χ2n) is 9.07. The summed E-state index contributed by atoms with van der Waals surface area (Å²) in [4.78, 5) is 4.56. The van der Waals surface area contributed by atoms with E-state index in [4.69, 9.17) is 18.6 Å². The lowest BCUT2D eigenvalue weighted by molar-refractivity contribution is -0.769. The smallest absolute Gasteiger partial charge is 0.459 e. The highest BCUT2D eigenvalue weighted by molar-refractivity contribution is 6.74. The van der Waals surface area contributed by atoms with Crippen LogP contribution in [0.1, 0.15) is 52.8 Å². The summed E-state index contributed by atoms with van der Waals surface area (Å²) in [5, 5.41) is 0.185. The fourth-order valence-corrected chi connectivity index (χ4v) is 5.92. The van der Waals surface area contributed by atoms with Gasteiger partial charge >= 0.3 is 11.9 Å². The molecule has 7 heteroatoms. The third kappa shape index (κ3) is 3.73. The number of aryl methyl sites for hydroxylation is 1. The number of fused-ring (bicyclic) bond motifs is 4. The largest absolute Gasteiger partial charge is 0.504 e. The predicted octanol–water partition coefficient (Wildman–Crippen LogP) is 3.78. The van der Waals surface area contributed by atoms with E-state index in [9.17, 15) is 0 Å². The van der Waals surface area contributed by atoms with Gasteiger partial charge in [-0.05, 0) is 37.9 Å². The van der Waals surface area contributed by atoms with Gasteiger partial charge in [-0.1, -0.05) is 27.7 Å². The minimum Gasteiger partial charge on any atom is -0.459 e. The van der Waals surface area contributed by atoms with E-state index in [2.05, 4.69) is 45.8 Å². The molecule has 1 saturated heterocycles. The van der Waals surface area contributed by atoms with Gasteiger partial charge < -0.3 is 18.6 Å². The monoisotopic (exact) mass is 395 g/mol. The quantitative estimate of drug-likeness (QED) is 0.519. The van der Waals surface area contributed by atoms with Crippen molar-refractivity contribution in [1.29, 1.82) is 0 Å². The molecule has 0 unspecified atom stereocenters. The van der Waals surface area contributed by atoms with Gasteiger partial charge in [-0.15, -0.1) is 0 Å². The van der Waals surface area contributed by atoms with E-state index in [1.165, 1.54) is 0 Å². The minimum absolute atomic E-state index is 0.0216. The van der Waals surface area contributed by atoms with Gasteiger partial charge in [0.15, 0.2) is 8.32 Å². The van der Waals surface area contributed by atoms with Gasteiger partial charge in [-0.25, -0.2) is 0 Å². The van der Waals surface area contributed by atoms with Crippen LogP contribution < -0.4 is 14.0 Å². The number of nitrogens with zero attached hydrogens (tertiary/aromatic N) is 2. The van der Waals surface area contributed by atoms with Crippen molar-refractivity contribution in [3.05, 3.63) is 11.8 Å². The van der Waals surface area contributed by atoms with Gasteiger partial charge in [0.25, 0.3) is 0 Å². The van der Waals surface area contributed by atoms with Crippen LogP contribution in [-0.2, 0) is 9.16 Å². The van der Waals surface area contributed by atoms with Crippen molar-refractivity contribution in [3.63, 3.8) is 0 Å². The summed E-state index contributed by atoms with van der Waals surface area (Å²) in [6.45, 7) is 18.9. The summed E-state index contributed by atoms with van der Waals surface area (Å²) in [5.41, 5.74) is 0.984. The zero-order valence-electron chi connectivity index (χ0n) is 18.0. The number of ether oxygens (including phenoxy) is 3. The third-order valence-corrected chi connectivity index (χ3v) is 11.3. The average molecular weight is 396 g/mol. The number of hydrogen-bond donors (Lipinski definition) is 0. The molecule has 152 valence electrons. The molecule has 3 rings (SSSR count). The van der Waals surface area contributed by atoms with E-state index >= 15 is 0 Å². The topological polar surface area (TPSA) is 53.7 Å². The molecule has 6 nitrogen and oxygen atoms in total. The first-order valence-electron chi connectivity index (χ1n) is 10.1. The number of aromatic nitrogens is 2. The second kappa shape index (κ2) is 7.33. The molecule has 0 radical (unpaired) electrons. The standard InChI is InChI=1S/C20H35N2O4Si/c1-9-23-18-14(4)11-22-17-10-15(26-19(22)21-18)16(25-17)12-24-27(7,8)20(5,6)13(2)3/h11,13,15-17H,9-10,12H2,1-8H3/q+1/t15-,16-,17-/m1/s1. The Kier molecular flexibility index (Phi) is 5.58. The normalized spacial score (nSPS) is 24.7. The van der Waals surface area contributed by atoms with Crippen LogP contribution in [0, 0.1) is 12.8 Å². The van der Waals surface area contributed by atoms with Crippen LogP contribution in [0.4, 0.5) is 0 Å². The molecule has 1 aromatic rings. The fraction of sp³-hybridized carbons (Fsp3) is 0.800. The maximum Gasteiger partial charge on any atom is 0.504 e. The maximum absolute atomic E-state index is 6.51. The Morgan fingerprint density at radius 1 is 1.37 bits per heavy atom. The van der Waals surface area contributed by atoms with E-state index in [1.54, 1.807) is 0 Å². The first kappa shape index (κ1) is 20.5. The lowest BCUT2D eigenvalue weighted by atomic mass is 9.99. The van der Waals surface area contributed by atoms with Crippen molar-refractivity contribution >= 4 is 8.32 Å². The highest BCUT2D eigenvalue weighted by Crippen LogP contribution is 2.45. The molecule has 0 amide bonds. The third-order valence-electron chi connectivity index (χ3n) is 6.72. The van der Waals surface area contributed by atoms with Gasteiger partial charge in [0, 0.05) is 4.98 Å². The van der Waals surface area contributed by atoms with Crippen LogP contribution in [-0.4, -0.2) is 38.7 Å². The molecule has 1 aromatic heterocycles. The Morgan fingerprint density at radius 3 is 2.70 bits per heavy atom. The van der Waals surface area contributed by atoms with E-state index in [0.717, 1.165) is 12.0 Å². The van der Waals surface area contributed by atoms with Crippen LogP contribution in [0.3, 0.4) is 0 Å². The summed E-state index contributed by atoms with van der Waals surface area (Å²) >= 11 is 0. The average Bonchev–Trinajstić information content (AvgIpc) is 2.92. The Hall–Kier alpha value is -1.18. The molecule has 3 heterocycles. The van der Waals surface area contributed by atoms with E-state index in [1.807, 2.05) is 24.6 Å². The highest BCUT2D eigenvalue weighted by Gasteiger charge is 2.50. The van der Waals surface area contributed by atoms with Gasteiger partial charge in [0.05, 0.1) is 25.2 Å². The van der Waals surface area contributed by atoms with Crippen molar-refractivity contribution in [1.82, 2.24) is 4.98 Å².